The number of rotatable bonds is 8. The smallest absolute Gasteiger partial charge is 0.352 e. The number of carbonyl (C=O) groups is 3. The summed E-state index contributed by atoms with van der Waals surface area (Å²) in [6, 6.07) is 0.705. The number of thioether (sulfide) groups is 2. The molecule has 2 aliphatic rings. The molecule has 2 amide bonds. The summed E-state index contributed by atoms with van der Waals surface area (Å²) in [7, 11) is 1.31. The summed E-state index contributed by atoms with van der Waals surface area (Å²) in [6.07, 6.45) is 0. The van der Waals surface area contributed by atoms with Crippen LogP contribution in [-0.2, 0) is 19.2 Å². The summed E-state index contributed by atoms with van der Waals surface area (Å²) < 4.78 is 0.732. The maximum absolute atomic E-state index is 12.9. The van der Waals surface area contributed by atoms with Crippen LogP contribution in [0.2, 0.25) is 0 Å². The lowest BCUT2D eigenvalue weighted by Crippen LogP contribution is -2.71. The maximum atomic E-state index is 12.9. The molecule has 33 heavy (non-hydrogen) atoms. The van der Waals surface area contributed by atoms with Crippen molar-refractivity contribution < 1.29 is 24.3 Å². The lowest BCUT2D eigenvalue weighted by Gasteiger charge is -2.49. The zero-order valence-corrected chi connectivity index (χ0v) is 20.6. The first-order valence-electron chi connectivity index (χ1n) is 9.39. The highest BCUT2D eigenvalue weighted by atomic mass is 32.2. The van der Waals surface area contributed by atoms with Gasteiger partial charge in [-0.1, -0.05) is 28.3 Å². The van der Waals surface area contributed by atoms with Crippen molar-refractivity contribution in [2.45, 2.75) is 22.7 Å². The van der Waals surface area contributed by atoms with Gasteiger partial charge in [-0.15, -0.1) is 33.3 Å². The van der Waals surface area contributed by atoms with Crippen molar-refractivity contribution in [3.8, 4) is 0 Å². The molecule has 0 aliphatic carbocycles. The van der Waals surface area contributed by atoms with E-state index < -0.39 is 29.2 Å². The van der Waals surface area contributed by atoms with Crippen molar-refractivity contribution in [2.24, 2.45) is 5.16 Å². The van der Waals surface area contributed by atoms with Crippen LogP contribution in [0.15, 0.2) is 32.2 Å². The fraction of sp³-hybridized carbons (Fsp3) is 0.333. The number of amides is 2. The van der Waals surface area contributed by atoms with Crippen molar-refractivity contribution in [3.05, 3.63) is 33.3 Å². The molecule has 2 aliphatic heterocycles. The number of aryl methyl sites for hydroxylation is 1. The molecule has 1 saturated heterocycles. The summed E-state index contributed by atoms with van der Waals surface area (Å²) in [5.41, 5.74) is 6.77. The van der Waals surface area contributed by atoms with E-state index in [4.69, 9.17) is 10.6 Å². The van der Waals surface area contributed by atoms with Crippen LogP contribution in [-0.4, -0.2) is 73.7 Å². The van der Waals surface area contributed by atoms with Gasteiger partial charge in [0.15, 0.2) is 10.1 Å². The highest BCUT2D eigenvalue weighted by Crippen LogP contribution is 2.41. The second kappa shape index (κ2) is 9.70. The normalized spacial score (nSPS) is 20.4. The minimum absolute atomic E-state index is 0.0176. The zero-order chi connectivity index (χ0) is 23.7. The Hall–Kier alpha value is -2.62. The second-order valence-corrected chi connectivity index (χ2v) is 11.3. The van der Waals surface area contributed by atoms with E-state index in [-0.39, 0.29) is 11.4 Å². The molecule has 1 fully saturated rings. The minimum atomic E-state index is -1.18. The predicted octanol–water partition coefficient (Wildman–Crippen LogP) is 1.37. The van der Waals surface area contributed by atoms with E-state index in [0.29, 0.717) is 27.6 Å². The highest BCUT2D eigenvalue weighted by Gasteiger charge is 2.54. The molecule has 2 aromatic heterocycles. The average molecular weight is 527 g/mol. The number of anilines is 1. The molecule has 0 unspecified atom stereocenters. The van der Waals surface area contributed by atoms with E-state index in [1.54, 1.807) is 11.4 Å². The van der Waals surface area contributed by atoms with Gasteiger partial charge in [-0.05, 0) is 18.6 Å². The summed E-state index contributed by atoms with van der Waals surface area (Å²) >= 11 is 5.44. The molecule has 4 rings (SSSR count). The fourth-order valence-electron chi connectivity index (χ4n) is 3.28. The van der Waals surface area contributed by atoms with Gasteiger partial charge in [-0.2, -0.15) is 0 Å². The standard InChI is InChI=1S/C18H18N6O5S4/c1-7-21-22-18(33-7)32-6-9-5-31-16-12(15(26)24(16)13(9)17(27)28)20-14(25)11(23-29-2)8-3-10(19)30-4-8/h3-4,12,16H,5-6,19H2,1-2H3,(H,20,25)(H,27,28)/b23-11-/t12-,16+/m0/s1. The van der Waals surface area contributed by atoms with Crippen molar-refractivity contribution in [1.29, 1.82) is 0 Å². The van der Waals surface area contributed by atoms with Crippen molar-refractivity contribution in [2.75, 3.05) is 24.3 Å². The van der Waals surface area contributed by atoms with E-state index in [9.17, 15) is 19.5 Å². The third kappa shape index (κ3) is 4.71. The number of carbonyl (C=O) groups excluding carboxylic acids is 2. The number of oxime groups is 1. The summed E-state index contributed by atoms with van der Waals surface area (Å²) in [5.74, 6) is -1.50. The van der Waals surface area contributed by atoms with Gasteiger partial charge in [-0.25, -0.2) is 4.79 Å². The molecule has 0 spiro atoms. The highest BCUT2D eigenvalue weighted by molar-refractivity contribution is 8.01. The molecule has 15 heteroatoms. The Bertz CT molecular complexity index is 1170. The molecule has 0 saturated carbocycles. The predicted molar refractivity (Wildman–Crippen MR) is 127 cm³/mol. The molecule has 0 bridgehead atoms. The van der Waals surface area contributed by atoms with Crippen molar-refractivity contribution >= 4 is 74.7 Å². The maximum Gasteiger partial charge on any atom is 0.352 e. The third-order valence-corrected chi connectivity index (χ3v) is 8.86. The molecule has 0 aromatic carbocycles. The number of nitrogens with one attached hydrogen (secondary N) is 1. The number of nitrogens with zero attached hydrogens (tertiary/aromatic N) is 4. The van der Waals surface area contributed by atoms with Gasteiger partial charge in [0.1, 0.15) is 29.2 Å². The molecule has 2 atom stereocenters. The number of β-lactam (4-membered cyclic amide) rings is 1. The van der Waals surface area contributed by atoms with Crippen LogP contribution in [0.25, 0.3) is 0 Å². The molecule has 2 aromatic rings. The average Bonchev–Trinajstić information content (AvgIpc) is 3.40. The summed E-state index contributed by atoms with van der Waals surface area (Å²) in [6.45, 7) is 1.84. The van der Waals surface area contributed by atoms with E-state index in [2.05, 4.69) is 20.7 Å². The van der Waals surface area contributed by atoms with E-state index in [1.165, 1.54) is 58.2 Å². The first kappa shape index (κ1) is 23.5. The van der Waals surface area contributed by atoms with E-state index in [0.717, 1.165) is 9.35 Å². The van der Waals surface area contributed by atoms with Crippen LogP contribution in [0.3, 0.4) is 0 Å². The number of fused-ring (bicyclic) bond motifs is 1. The van der Waals surface area contributed by atoms with Crippen LogP contribution < -0.4 is 11.1 Å². The van der Waals surface area contributed by atoms with Gasteiger partial charge in [0.25, 0.3) is 11.8 Å². The molecule has 4 N–H and O–H groups in total. The Labute approximate surface area is 204 Å². The van der Waals surface area contributed by atoms with Crippen LogP contribution in [0.1, 0.15) is 10.6 Å². The lowest BCUT2D eigenvalue weighted by atomic mass is 10.0. The van der Waals surface area contributed by atoms with Gasteiger partial charge in [0.2, 0.25) is 0 Å². The number of hydrogen-bond donors (Lipinski definition) is 3. The quantitative estimate of drug-likeness (QED) is 0.198. The lowest BCUT2D eigenvalue weighted by molar-refractivity contribution is -0.150. The molecule has 4 heterocycles. The largest absolute Gasteiger partial charge is 0.477 e. The number of thiophene rings is 1. The van der Waals surface area contributed by atoms with Gasteiger partial charge in [0.05, 0.1) is 5.00 Å². The van der Waals surface area contributed by atoms with Crippen LogP contribution in [0.4, 0.5) is 5.00 Å². The number of carboxylic acids is 1. The Morgan fingerprint density at radius 1 is 1.45 bits per heavy atom. The number of carboxylic acid groups (broad SMARTS) is 1. The summed E-state index contributed by atoms with van der Waals surface area (Å²) in [4.78, 5) is 43.7. The van der Waals surface area contributed by atoms with Crippen LogP contribution >= 0.6 is 46.2 Å². The number of aromatic nitrogens is 2. The van der Waals surface area contributed by atoms with Gasteiger partial charge < -0.3 is 21.0 Å². The van der Waals surface area contributed by atoms with Gasteiger partial charge >= 0.3 is 5.97 Å². The molecule has 11 nitrogen and oxygen atoms in total. The SMILES string of the molecule is CO/N=C(\C(=O)N[C@H]1C(=O)N2C(C(=O)O)=C(CSc3nnc(C)s3)CS[C@H]12)c1csc(N)c1. The van der Waals surface area contributed by atoms with E-state index in [1.807, 2.05) is 6.92 Å². The number of nitrogen functional groups attached to an aromatic ring is 1. The minimum Gasteiger partial charge on any atom is -0.477 e. The molecular formula is C18H18N6O5S4. The monoisotopic (exact) mass is 526 g/mol. The Balaban J connectivity index is 1.49. The number of aliphatic carboxylic acids is 1. The van der Waals surface area contributed by atoms with E-state index >= 15 is 0 Å². The molecular weight excluding hydrogens is 509 g/mol. The summed E-state index contributed by atoms with van der Waals surface area (Å²) in [5, 5.41) is 26.7. The Morgan fingerprint density at radius 2 is 2.24 bits per heavy atom. The second-order valence-electron chi connectivity index (χ2n) is 6.85. The number of nitrogens with two attached hydrogens (primary N) is 1. The molecule has 0 radical (unpaired) electrons. The van der Waals surface area contributed by atoms with Crippen molar-refractivity contribution in [3.63, 3.8) is 0 Å². The third-order valence-electron chi connectivity index (χ3n) is 4.70. The van der Waals surface area contributed by atoms with Crippen molar-refractivity contribution in [1.82, 2.24) is 20.4 Å². The zero-order valence-electron chi connectivity index (χ0n) is 17.3. The number of hydrogen-bond acceptors (Lipinski definition) is 12. The fourth-order valence-corrected chi connectivity index (χ4v) is 7.22. The Kier molecular flexibility index (Phi) is 6.92. The van der Waals surface area contributed by atoms with Gasteiger partial charge in [-0.3, -0.25) is 14.5 Å². The Morgan fingerprint density at radius 3 is 2.85 bits per heavy atom. The van der Waals surface area contributed by atoms with Gasteiger partial charge in [0, 0.05) is 22.4 Å². The first-order valence-corrected chi connectivity index (χ1v) is 13.1. The van der Waals surface area contributed by atoms with Crippen LogP contribution in [0, 0.1) is 6.92 Å². The molecule has 174 valence electrons. The van der Waals surface area contributed by atoms with Crippen LogP contribution in [0.5, 0.6) is 0 Å². The topological polar surface area (TPSA) is 160 Å². The first-order chi connectivity index (χ1) is 15.8.